The molecule has 0 spiro atoms. The highest BCUT2D eigenvalue weighted by Crippen LogP contribution is 2.63. The lowest BCUT2D eigenvalue weighted by molar-refractivity contribution is 0.600. The summed E-state index contributed by atoms with van der Waals surface area (Å²) in [7, 11) is 0. The monoisotopic (exact) mass is 948 g/mol. The number of hydrogen-bond donors (Lipinski definition) is 0. The summed E-state index contributed by atoms with van der Waals surface area (Å²) in [5.41, 5.74) is 26.5. The molecule has 2 heteroatoms. The van der Waals surface area contributed by atoms with Crippen LogP contribution in [0, 0.1) is 0 Å². The van der Waals surface area contributed by atoms with Crippen molar-refractivity contribution < 1.29 is 8.83 Å². The molecule has 2 aliphatic carbocycles. The van der Waals surface area contributed by atoms with Gasteiger partial charge in [0.1, 0.15) is 22.3 Å². The van der Waals surface area contributed by atoms with Crippen LogP contribution in [-0.4, -0.2) is 0 Å². The molecule has 0 fully saturated rings. The predicted octanol–water partition coefficient (Wildman–Crippen LogP) is 20.2. The van der Waals surface area contributed by atoms with Crippen LogP contribution in [-0.2, 0) is 10.8 Å². The maximum atomic E-state index is 7.19. The van der Waals surface area contributed by atoms with E-state index in [2.05, 4.69) is 241 Å². The van der Waals surface area contributed by atoms with Crippen LogP contribution in [0.1, 0.15) is 55.5 Å². The molecular weight excluding hydrogens is 897 g/mol. The quantitative estimate of drug-likeness (QED) is 0.142. The highest BCUT2D eigenvalue weighted by molar-refractivity contribution is 6.21. The van der Waals surface area contributed by atoms with E-state index in [1.807, 2.05) is 18.2 Å². The summed E-state index contributed by atoms with van der Waals surface area (Å²) in [4.78, 5) is 0. The van der Waals surface area contributed by atoms with Gasteiger partial charge in [-0.1, -0.05) is 199 Å². The zero-order chi connectivity index (χ0) is 50.0. The number of para-hydroxylation sites is 2. The van der Waals surface area contributed by atoms with Crippen LogP contribution < -0.4 is 0 Å². The van der Waals surface area contributed by atoms with E-state index in [0.29, 0.717) is 0 Å². The van der Waals surface area contributed by atoms with Crippen LogP contribution >= 0.6 is 0 Å². The molecule has 2 aliphatic rings. The van der Waals surface area contributed by atoms with Crippen molar-refractivity contribution in [2.75, 3.05) is 0 Å². The smallest absolute Gasteiger partial charge is 0.144 e. The van der Waals surface area contributed by atoms with Crippen molar-refractivity contribution in [3.63, 3.8) is 0 Å². The molecule has 14 rings (SSSR count). The number of rotatable bonds is 8. The highest BCUT2D eigenvalue weighted by atomic mass is 16.3. The van der Waals surface area contributed by atoms with Crippen molar-refractivity contribution >= 4 is 49.5 Å². The molecule has 2 aromatic heterocycles. The van der Waals surface area contributed by atoms with Crippen molar-refractivity contribution in [1.82, 2.24) is 0 Å². The average Bonchev–Trinajstić information content (AvgIpc) is 4.35. The van der Waals surface area contributed by atoms with E-state index in [4.69, 9.17) is 8.83 Å². The maximum Gasteiger partial charge on any atom is 0.144 e. The lowest BCUT2D eigenvalue weighted by Gasteiger charge is -2.31. The van der Waals surface area contributed by atoms with Gasteiger partial charge in [-0.3, -0.25) is 0 Å². The Morgan fingerprint density at radius 3 is 1.20 bits per heavy atom. The molecule has 0 saturated carbocycles. The van der Waals surface area contributed by atoms with Crippen molar-refractivity contribution in [2.24, 2.45) is 0 Å². The van der Waals surface area contributed by atoms with E-state index < -0.39 is 10.8 Å². The molecule has 2 nitrogen and oxygen atoms in total. The van der Waals surface area contributed by atoms with Gasteiger partial charge in [-0.2, -0.15) is 0 Å². The van der Waals surface area contributed by atoms with Crippen LogP contribution in [0.2, 0.25) is 0 Å². The van der Waals surface area contributed by atoms with Gasteiger partial charge in [0.2, 0.25) is 0 Å². The van der Waals surface area contributed by atoms with Crippen LogP contribution in [0.4, 0.5) is 0 Å². The summed E-state index contributed by atoms with van der Waals surface area (Å²) < 4.78 is 14.4. The lowest BCUT2D eigenvalue weighted by Crippen LogP contribution is -2.24. The molecule has 12 aromatic rings. The Kier molecular flexibility index (Phi) is 9.62. The van der Waals surface area contributed by atoms with E-state index in [9.17, 15) is 0 Å². The Morgan fingerprint density at radius 2 is 0.770 bits per heavy atom. The summed E-state index contributed by atoms with van der Waals surface area (Å²) >= 11 is 0. The van der Waals surface area contributed by atoms with Gasteiger partial charge in [0, 0.05) is 43.5 Å². The van der Waals surface area contributed by atoms with Crippen LogP contribution in [0.5, 0.6) is 0 Å². The van der Waals surface area contributed by atoms with Crippen LogP contribution in [0.25, 0.3) is 127 Å². The summed E-state index contributed by atoms with van der Waals surface area (Å²) in [6, 6.07) is 73.0. The second kappa shape index (κ2) is 16.3. The molecule has 10 aromatic carbocycles. The van der Waals surface area contributed by atoms with Crippen molar-refractivity contribution in [1.29, 1.82) is 0 Å². The molecule has 0 atom stereocenters. The molecule has 0 radical (unpaired) electrons. The van der Waals surface area contributed by atoms with Gasteiger partial charge >= 0.3 is 0 Å². The summed E-state index contributed by atoms with van der Waals surface area (Å²) in [6.07, 6.45) is 5.80. The number of hydrogen-bond acceptors (Lipinski definition) is 2. The Labute approximate surface area is 431 Å². The molecule has 352 valence electrons. The van der Waals surface area contributed by atoms with Crippen molar-refractivity contribution in [3.8, 4) is 77.9 Å². The second-order valence-corrected chi connectivity index (χ2v) is 21.2. The number of furan rings is 2. The molecular formula is C72H52O2. The first-order chi connectivity index (χ1) is 36.1. The van der Waals surface area contributed by atoms with Crippen LogP contribution in [0.15, 0.2) is 240 Å². The molecule has 0 bridgehead atoms. The second-order valence-electron chi connectivity index (χ2n) is 21.2. The van der Waals surface area contributed by atoms with E-state index in [1.54, 1.807) is 0 Å². The van der Waals surface area contributed by atoms with E-state index in [0.717, 1.165) is 82.8 Å². The lowest BCUT2D eigenvalue weighted by atomic mass is 9.72. The molecule has 0 saturated heterocycles. The first-order valence-electron chi connectivity index (χ1n) is 25.7. The average molecular weight is 949 g/mol. The molecule has 2 heterocycles. The third-order valence-electron chi connectivity index (χ3n) is 16.3. The fraction of sp³-hybridized carbons (Fsp3) is 0.0833. The molecule has 0 aliphatic heterocycles. The zero-order valence-corrected chi connectivity index (χ0v) is 42.0. The van der Waals surface area contributed by atoms with Gasteiger partial charge in [0.15, 0.2) is 0 Å². The summed E-state index contributed by atoms with van der Waals surface area (Å²) in [6.45, 7) is 18.0. The summed E-state index contributed by atoms with van der Waals surface area (Å²) in [5.74, 6) is 0. The van der Waals surface area contributed by atoms with E-state index >= 15 is 0 Å². The van der Waals surface area contributed by atoms with Gasteiger partial charge in [0.05, 0.1) is 0 Å². The minimum Gasteiger partial charge on any atom is -0.455 e. The van der Waals surface area contributed by atoms with Gasteiger partial charge in [-0.05, 0) is 161 Å². The SMILES string of the molecule is C=C/C=C(\C=C)c1cc(-c2ccccc2)cc(-c2cc3c(c4oc5ccccc5c24)-c2ccc4c(c2C3(C)C)C(C)(C)c2cc(-c3cc(-c5ccccc5)cc(-c5ccccc5)c3)c3c(oc5ccccc53)c2-4)c1. The largest absolute Gasteiger partial charge is 0.455 e. The van der Waals surface area contributed by atoms with Crippen molar-refractivity contribution in [3.05, 3.63) is 259 Å². The van der Waals surface area contributed by atoms with Gasteiger partial charge in [-0.15, -0.1) is 0 Å². The summed E-state index contributed by atoms with van der Waals surface area (Å²) in [5, 5.41) is 4.48. The molecule has 74 heavy (non-hydrogen) atoms. The third-order valence-corrected chi connectivity index (χ3v) is 16.3. The van der Waals surface area contributed by atoms with Gasteiger partial charge < -0.3 is 8.83 Å². The topological polar surface area (TPSA) is 26.3 Å². The van der Waals surface area contributed by atoms with Crippen molar-refractivity contribution in [2.45, 2.75) is 38.5 Å². The Hall–Kier alpha value is -8.98. The van der Waals surface area contributed by atoms with E-state index in [-0.39, 0.29) is 0 Å². The first kappa shape index (κ1) is 43.8. The predicted molar refractivity (Wildman–Crippen MR) is 312 cm³/mol. The van der Waals surface area contributed by atoms with Gasteiger partial charge in [-0.25, -0.2) is 0 Å². The number of benzene rings is 10. The molecule has 0 unspecified atom stereocenters. The minimum atomic E-state index is -0.420. The molecule has 0 amide bonds. The highest BCUT2D eigenvalue weighted by Gasteiger charge is 2.48. The standard InChI is InChI=1S/C72H52O2/c1-7-22-43(8-2)47-35-48(44-23-12-9-13-24-44)38-51(37-47)57-41-59-65(69-63(57)53-29-18-20-31-61(53)73-69)55-33-34-56-66-60(72(5,6)68(56)67(55)71(59,3)4)42-58(64-54-30-19-21-32-62(54)74-70(64)66)52-39-49(45-25-14-10-15-26-45)36-50(40-52)46-27-16-11-17-28-46/h7-42H,1-2H2,3-6H3/b43-22+. The Bertz CT molecular complexity index is 4310. The van der Waals surface area contributed by atoms with E-state index in [1.165, 1.54) is 72.3 Å². The Morgan fingerprint density at radius 1 is 0.392 bits per heavy atom. The zero-order valence-electron chi connectivity index (χ0n) is 42.0. The first-order valence-corrected chi connectivity index (χ1v) is 25.7. The Balaban J connectivity index is 1.02. The fourth-order valence-electron chi connectivity index (χ4n) is 12.9. The number of fused-ring (bicyclic) bond motifs is 15. The fourth-order valence-corrected chi connectivity index (χ4v) is 12.9. The van der Waals surface area contributed by atoms with Gasteiger partial charge in [0.25, 0.3) is 0 Å². The minimum absolute atomic E-state index is 0.413. The third kappa shape index (κ3) is 6.37. The maximum absolute atomic E-state index is 7.19. The van der Waals surface area contributed by atoms with Crippen LogP contribution in [0.3, 0.4) is 0 Å². The number of allylic oxidation sites excluding steroid dienone is 4. The molecule has 0 N–H and O–H groups in total. The normalized spacial score (nSPS) is 14.1.